The number of carbonyl (C=O) groups is 1. The molecule has 6 heteroatoms. The predicted octanol–water partition coefficient (Wildman–Crippen LogP) is 4.02. The van der Waals surface area contributed by atoms with Crippen molar-refractivity contribution in [1.29, 1.82) is 0 Å². The Morgan fingerprint density at radius 2 is 2.00 bits per heavy atom. The summed E-state index contributed by atoms with van der Waals surface area (Å²) in [6.07, 6.45) is 2.39. The number of halogens is 1. The van der Waals surface area contributed by atoms with Crippen molar-refractivity contribution in [1.82, 2.24) is 10.2 Å². The summed E-state index contributed by atoms with van der Waals surface area (Å²) >= 11 is 7.33. The Labute approximate surface area is 150 Å². The highest BCUT2D eigenvalue weighted by Crippen LogP contribution is 2.31. The smallest absolute Gasteiger partial charge is 0.251 e. The van der Waals surface area contributed by atoms with E-state index in [0.29, 0.717) is 22.3 Å². The molecule has 0 spiro atoms. The number of ether oxygens (including phenoxy) is 1. The Morgan fingerprint density at radius 3 is 2.58 bits per heavy atom. The van der Waals surface area contributed by atoms with Crippen molar-refractivity contribution in [2.75, 3.05) is 19.6 Å². The number of amides is 1. The van der Waals surface area contributed by atoms with Gasteiger partial charge in [0.15, 0.2) is 5.06 Å². The molecule has 1 atom stereocenters. The highest BCUT2D eigenvalue weighted by Gasteiger charge is 2.34. The third kappa shape index (κ3) is 3.43. The lowest BCUT2D eigenvalue weighted by Crippen LogP contribution is -2.57. The molecule has 24 heavy (non-hydrogen) atoms. The minimum Gasteiger partial charge on any atom is -0.447 e. The van der Waals surface area contributed by atoms with Crippen molar-refractivity contribution in [2.24, 2.45) is 5.92 Å². The summed E-state index contributed by atoms with van der Waals surface area (Å²) in [5.41, 5.74) is 0.669. The lowest BCUT2D eigenvalue weighted by molar-refractivity contribution is 0.0620. The second-order valence-electron chi connectivity index (χ2n) is 6.43. The molecule has 0 radical (unpaired) electrons. The van der Waals surface area contributed by atoms with E-state index < -0.39 is 0 Å². The fraction of sp³-hybridized carbons (Fsp3) is 0.389. The molecule has 4 heterocycles. The maximum atomic E-state index is 12.5. The fourth-order valence-corrected chi connectivity index (χ4v) is 4.45. The van der Waals surface area contributed by atoms with E-state index in [0.717, 1.165) is 11.6 Å². The first-order valence-electron chi connectivity index (χ1n) is 8.22. The van der Waals surface area contributed by atoms with Gasteiger partial charge in [0.1, 0.15) is 5.75 Å². The van der Waals surface area contributed by atoms with Crippen molar-refractivity contribution in [3.05, 3.63) is 46.3 Å². The van der Waals surface area contributed by atoms with Gasteiger partial charge in [0.2, 0.25) is 0 Å². The van der Waals surface area contributed by atoms with E-state index in [4.69, 9.17) is 16.3 Å². The summed E-state index contributed by atoms with van der Waals surface area (Å²) in [5, 5.41) is 6.44. The standard InChI is InChI=1S/C18H19ClN2O2S/c19-14-9-17(24-11-14)23-15-3-1-13(2-4-15)18(22)20-16-10-21-7-5-12(16)6-8-21/h1-4,9,11-12,16H,5-8,10H2,(H,20,22). The van der Waals surface area contributed by atoms with Crippen molar-refractivity contribution in [3.8, 4) is 10.8 Å². The quantitative estimate of drug-likeness (QED) is 0.893. The molecule has 3 fully saturated rings. The van der Waals surface area contributed by atoms with Crippen LogP contribution in [-0.4, -0.2) is 36.5 Å². The second-order valence-corrected chi connectivity index (χ2v) is 7.74. The first kappa shape index (κ1) is 15.9. The zero-order chi connectivity index (χ0) is 16.5. The maximum Gasteiger partial charge on any atom is 0.251 e. The van der Waals surface area contributed by atoms with Crippen LogP contribution in [0.4, 0.5) is 0 Å². The topological polar surface area (TPSA) is 41.6 Å². The van der Waals surface area contributed by atoms with Gasteiger partial charge >= 0.3 is 0 Å². The van der Waals surface area contributed by atoms with Crippen LogP contribution in [0.2, 0.25) is 5.02 Å². The lowest BCUT2D eigenvalue weighted by atomic mass is 9.84. The molecule has 1 aromatic carbocycles. The Hall–Kier alpha value is -1.56. The van der Waals surface area contributed by atoms with E-state index in [9.17, 15) is 4.79 Å². The number of nitrogens with one attached hydrogen (secondary N) is 1. The van der Waals surface area contributed by atoms with E-state index in [1.54, 1.807) is 18.2 Å². The van der Waals surface area contributed by atoms with Crippen LogP contribution >= 0.6 is 22.9 Å². The molecular weight excluding hydrogens is 344 g/mol. The number of carbonyl (C=O) groups excluding carboxylic acids is 1. The van der Waals surface area contributed by atoms with E-state index >= 15 is 0 Å². The first-order valence-corrected chi connectivity index (χ1v) is 9.48. The fourth-order valence-electron chi connectivity index (χ4n) is 3.52. The van der Waals surface area contributed by atoms with Gasteiger partial charge in [0, 0.05) is 29.6 Å². The summed E-state index contributed by atoms with van der Waals surface area (Å²) in [4.78, 5) is 14.9. The second kappa shape index (κ2) is 6.75. The molecule has 0 saturated carbocycles. The van der Waals surface area contributed by atoms with Crippen LogP contribution in [0, 0.1) is 5.92 Å². The monoisotopic (exact) mass is 362 g/mol. The summed E-state index contributed by atoms with van der Waals surface area (Å²) < 4.78 is 5.72. The van der Waals surface area contributed by atoms with Crippen LogP contribution in [0.15, 0.2) is 35.7 Å². The average molecular weight is 363 g/mol. The van der Waals surface area contributed by atoms with E-state index in [1.807, 2.05) is 17.5 Å². The van der Waals surface area contributed by atoms with Gasteiger partial charge in [-0.15, -0.1) is 11.3 Å². The molecule has 126 valence electrons. The Bertz CT molecular complexity index is 723. The minimum absolute atomic E-state index is 0.000493. The van der Waals surface area contributed by atoms with Crippen LogP contribution in [0.5, 0.6) is 10.8 Å². The number of nitrogens with zero attached hydrogens (tertiary/aromatic N) is 1. The minimum atomic E-state index is -0.000493. The maximum absolute atomic E-state index is 12.5. The van der Waals surface area contributed by atoms with Crippen LogP contribution in [0.25, 0.3) is 0 Å². The predicted molar refractivity (Wildman–Crippen MR) is 96.3 cm³/mol. The third-order valence-electron chi connectivity index (χ3n) is 4.85. The number of fused-ring (bicyclic) bond motifs is 3. The Balaban J connectivity index is 1.38. The van der Waals surface area contributed by atoms with E-state index in [1.165, 1.54) is 37.3 Å². The van der Waals surface area contributed by atoms with Crippen LogP contribution < -0.4 is 10.1 Å². The summed E-state index contributed by atoms with van der Waals surface area (Å²) in [6.45, 7) is 3.34. The third-order valence-corrected chi connectivity index (χ3v) is 6.00. The summed E-state index contributed by atoms with van der Waals surface area (Å²) in [5.74, 6) is 1.33. The molecule has 0 aliphatic carbocycles. The molecule has 1 unspecified atom stereocenters. The number of hydrogen-bond acceptors (Lipinski definition) is 4. The van der Waals surface area contributed by atoms with Crippen molar-refractivity contribution in [2.45, 2.75) is 18.9 Å². The van der Waals surface area contributed by atoms with Crippen molar-refractivity contribution >= 4 is 28.8 Å². The van der Waals surface area contributed by atoms with Crippen molar-refractivity contribution in [3.63, 3.8) is 0 Å². The van der Waals surface area contributed by atoms with Gasteiger partial charge < -0.3 is 15.0 Å². The number of rotatable bonds is 4. The molecule has 1 amide bonds. The van der Waals surface area contributed by atoms with Gasteiger partial charge in [-0.2, -0.15) is 0 Å². The Morgan fingerprint density at radius 1 is 1.25 bits per heavy atom. The highest BCUT2D eigenvalue weighted by molar-refractivity contribution is 7.12. The zero-order valence-corrected chi connectivity index (χ0v) is 14.8. The van der Waals surface area contributed by atoms with E-state index in [-0.39, 0.29) is 11.9 Å². The van der Waals surface area contributed by atoms with Gasteiger partial charge in [-0.3, -0.25) is 4.79 Å². The van der Waals surface area contributed by atoms with Crippen molar-refractivity contribution < 1.29 is 9.53 Å². The molecule has 5 rings (SSSR count). The number of thiophene rings is 1. The largest absolute Gasteiger partial charge is 0.447 e. The normalized spacial score (nSPS) is 25.5. The van der Waals surface area contributed by atoms with Gasteiger partial charge in [-0.05, 0) is 56.1 Å². The molecule has 3 aliphatic rings. The molecule has 3 saturated heterocycles. The Kier molecular flexibility index (Phi) is 4.48. The van der Waals surface area contributed by atoms with Gasteiger partial charge in [-0.25, -0.2) is 0 Å². The van der Waals surface area contributed by atoms with Gasteiger partial charge in [0.25, 0.3) is 5.91 Å². The van der Waals surface area contributed by atoms with Crippen LogP contribution in [0.3, 0.4) is 0 Å². The molecule has 2 aromatic rings. The SMILES string of the molecule is O=C(NC1CN2CCC1CC2)c1ccc(Oc2cc(Cl)cs2)cc1. The summed E-state index contributed by atoms with van der Waals surface area (Å²) in [7, 11) is 0. The van der Waals surface area contributed by atoms with Gasteiger partial charge in [0.05, 0.1) is 5.02 Å². The first-order chi connectivity index (χ1) is 11.7. The molecular formula is C18H19ClN2O2S. The molecule has 3 aliphatic heterocycles. The highest BCUT2D eigenvalue weighted by atomic mass is 35.5. The van der Waals surface area contributed by atoms with Gasteiger partial charge in [-0.1, -0.05) is 11.6 Å². The number of piperidine rings is 3. The number of hydrogen-bond donors (Lipinski definition) is 1. The molecule has 1 N–H and O–H groups in total. The van der Waals surface area contributed by atoms with E-state index in [2.05, 4.69) is 10.2 Å². The zero-order valence-electron chi connectivity index (χ0n) is 13.2. The molecule has 1 aromatic heterocycles. The lowest BCUT2D eigenvalue weighted by Gasteiger charge is -2.44. The molecule has 2 bridgehead atoms. The summed E-state index contributed by atoms with van der Waals surface area (Å²) in [6, 6.07) is 9.31. The molecule has 4 nitrogen and oxygen atoms in total. The van der Waals surface area contributed by atoms with Crippen LogP contribution in [-0.2, 0) is 0 Å². The number of benzene rings is 1. The average Bonchev–Trinajstić information content (AvgIpc) is 3.01. The van der Waals surface area contributed by atoms with Crippen LogP contribution in [0.1, 0.15) is 23.2 Å².